The molecule has 364 valence electrons. The number of ether oxygens (including phenoxy) is 2. The Morgan fingerprint density at radius 2 is 0.887 bits per heavy atom. The van der Waals surface area contributed by atoms with Crippen molar-refractivity contribution in [2.75, 3.05) is 118 Å². The van der Waals surface area contributed by atoms with Crippen LogP contribution in [-0.4, -0.2) is 188 Å². The second-order valence-electron chi connectivity index (χ2n) is 16.5. The van der Waals surface area contributed by atoms with E-state index >= 15 is 0 Å². The third-order valence-electron chi connectivity index (χ3n) is 10.8. The Morgan fingerprint density at radius 1 is 0.516 bits per heavy atom. The molecule has 5 N–H and O–H groups in total. The Morgan fingerprint density at radius 3 is 1.29 bits per heavy atom. The molecule has 1 rings (SSSR count). The molecule has 0 aromatic carbocycles. The van der Waals surface area contributed by atoms with Crippen LogP contribution >= 0.6 is 7.82 Å². The second kappa shape index (κ2) is 38.1. The molecular formula is C43H84N5O13P. The highest BCUT2D eigenvalue weighted by atomic mass is 31.2. The number of nitrogens with one attached hydrogen (secondary N) is 1. The summed E-state index contributed by atoms with van der Waals surface area (Å²) in [5.41, 5.74) is 0. The molecule has 0 radical (unpaired) electrons. The molecule has 62 heavy (non-hydrogen) atoms. The number of rotatable bonds is 38. The summed E-state index contributed by atoms with van der Waals surface area (Å²) in [6.07, 6.45) is 21.0. The van der Waals surface area contributed by atoms with Gasteiger partial charge in [-0.15, -0.1) is 0 Å². The molecule has 18 nitrogen and oxygen atoms in total. The maximum atomic E-state index is 13.0. The van der Waals surface area contributed by atoms with E-state index in [2.05, 4.69) is 19.2 Å². The van der Waals surface area contributed by atoms with Crippen molar-refractivity contribution in [1.82, 2.24) is 24.9 Å². The molecule has 0 spiro atoms. The van der Waals surface area contributed by atoms with E-state index in [-0.39, 0.29) is 105 Å². The van der Waals surface area contributed by atoms with Crippen LogP contribution in [0.1, 0.15) is 129 Å². The van der Waals surface area contributed by atoms with Gasteiger partial charge in [0, 0.05) is 72.1 Å². The molecular weight excluding hydrogens is 825 g/mol. The molecule has 1 amide bonds. The summed E-state index contributed by atoms with van der Waals surface area (Å²) in [6.45, 7) is 6.38. The maximum absolute atomic E-state index is 13.0. The van der Waals surface area contributed by atoms with E-state index in [0.29, 0.717) is 13.2 Å². The molecule has 2 unspecified atom stereocenters. The number of carbonyl (C=O) groups is 4. The largest absolute Gasteiger partial charge is 0.480 e. The average Bonchev–Trinajstić information content (AvgIpc) is 3.21. The van der Waals surface area contributed by atoms with E-state index in [4.69, 9.17) is 18.5 Å². The minimum absolute atomic E-state index is 0.0866. The summed E-state index contributed by atoms with van der Waals surface area (Å²) in [4.78, 5) is 64.8. The van der Waals surface area contributed by atoms with Gasteiger partial charge in [-0.2, -0.15) is 0 Å². The number of carbonyl (C=O) groups excluding carboxylic acids is 1. The Bertz CT molecular complexity index is 1190. The van der Waals surface area contributed by atoms with Gasteiger partial charge in [-0.1, -0.05) is 117 Å². The SMILES string of the molecule is CCCCCCCCCCCOCC(COP(=O)(O)OCCNC(=O)CN1CCN(CC(=O)O)CCN(CC(=O)O)CCN(CC(=O)O)CC1)OCCCCCCCCCCC. The highest BCUT2D eigenvalue weighted by molar-refractivity contribution is 7.47. The first-order valence-corrected chi connectivity index (χ1v) is 25.0. The first-order valence-electron chi connectivity index (χ1n) is 23.5. The molecule has 2 atom stereocenters. The number of aliphatic carboxylic acids is 3. The average molecular weight is 910 g/mol. The first kappa shape index (κ1) is 57.8. The molecule has 1 aliphatic rings. The highest BCUT2D eigenvalue weighted by Crippen LogP contribution is 2.43. The third-order valence-corrected chi connectivity index (χ3v) is 11.8. The molecule has 0 aromatic heterocycles. The molecule has 1 saturated heterocycles. The van der Waals surface area contributed by atoms with Gasteiger partial charge in [0.25, 0.3) is 0 Å². The zero-order valence-corrected chi connectivity index (χ0v) is 39.1. The van der Waals surface area contributed by atoms with E-state index in [1.807, 2.05) is 0 Å². The van der Waals surface area contributed by atoms with Crippen LogP contribution in [0.2, 0.25) is 0 Å². The Labute approximate surface area is 371 Å². The Kier molecular flexibility index (Phi) is 35.5. The van der Waals surface area contributed by atoms with E-state index in [0.717, 1.165) is 32.1 Å². The number of hydrogen-bond donors (Lipinski definition) is 5. The van der Waals surface area contributed by atoms with Gasteiger partial charge < -0.3 is 35.0 Å². The van der Waals surface area contributed by atoms with Crippen LogP contribution in [0.4, 0.5) is 0 Å². The monoisotopic (exact) mass is 910 g/mol. The number of unbranched alkanes of at least 4 members (excludes halogenated alkanes) is 16. The van der Waals surface area contributed by atoms with Gasteiger partial charge in [0.15, 0.2) is 0 Å². The van der Waals surface area contributed by atoms with Crippen LogP contribution in [0.25, 0.3) is 0 Å². The van der Waals surface area contributed by atoms with Crippen LogP contribution in [0.3, 0.4) is 0 Å². The third kappa shape index (κ3) is 35.1. The summed E-state index contributed by atoms with van der Waals surface area (Å²) in [6, 6.07) is 0. The van der Waals surface area contributed by atoms with Crippen LogP contribution < -0.4 is 5.32 Å². The summed E-state index contributed by atoms with van der Waals surface area (Å²) >= 11 is 0. The summed E-state index contributed by atoms with van der Waals surface area (Å²) in [5, 5.41) is 31.0. The van der Waals surface area contributed by atoms with Gasteiger partial charge in [-0.05, 0) is 12.8 Å². The maximum Gasteiger partial charge on any atom is 0.472 e. The predicted octanol–water partition coefficient (Wildman–Crippen LogP) is 5.18. The van der Waals surface area contributed by atoms with Crippen LogP contribution in [-0.2, 0) is 42.3 Å². The standard InChI is InChI=1S/C43H84N5O13P/c1-3-5-7-9-11-13-15-17-19-30-58-37-39(59-31-20-18-16-14-12-10-8-6-4-2)38-61-62(56,57)60-32-21-44-40(49)33-45-22-24-46(34-41(50)51)26-28-48(36-43(54)55)29-27-47(25-23-45)35-42(52)53/h39H,3-38H2,1-2H3,(H,44,49)(H,50,51)(H,52,53)(H,54,55)(H,56,57). The van der Waals surface area contributed by atoms with Gasteiger partial charge in [0.2, 0.25) is 5.91 Å². The highest BCUT2D eigenvalue weighted by Gasteiger charge is 2.25. The van der Waals surface area contributed by atoms with Crippen molar-refractivity contribution in [3.63, 3.8) is 0 Å². The number of phosphoric ester groups is 1. The minimum atomic E-state index is -4.49. The topological polar surface area (TPSA) is 228 Å². The first-order chi connectivity index (χ1) is 29.8. The molecule has 1 aliphatic heterocycles. The zero-order chi connectivity index (χ0) is 45.7. The number of carboxylic acid groups (broad SMARTS) is 3. The minimum Gasteiger partial charge on any atom is -0.480 e. The predicted molar refractivity (Wildman–Crippen MR) is 238 cm³/mol. The van der Waals surface area contributed by atoms with Crippen molar-refractivity contribution in [3.05, 3.63) is 0 Å². The lowest BCUT2D eigenvalue weighted by Crippen LogP contribution is -2.50. The lowest BCUT2D eigenvalue weighted by Gasteiger charge is -2.32. The summed E-state index contributed by atoms with van der Waals surface area (Å²) in [5.74, 6) is -3.54. The molecule has 1 fully saturated rings. The fourth-order valence-corrected chi connectivity index (χ4v) is 7.90. The van der Waals surface area contributed by atoms with Crippen molar-refractivity contribution in [3.8, 4) is 0 Å². The summed E-state index contributed by atoms with van der Waals surface area (Å²) in [7, 11) is -4.49. The van der Waals surface area contributed by atoms with Crippen molar-refractivity contribution in [1.29, 1.82) is 0 Å². The van der Waals surface area contributed by atoms with E-state index < -0.39 is 37.7 Å². The van der Waals surface area contributed by atoms with E-state index in [1.165, 1.54) is 83.5 Å². The lowest BCUT2D eigenvalue weighted by molar-refractivity contribution is -0.140. The van der Waals surface area contributed by atoms with Gasteiger partial charge in [-0.3, -0.25) is 47.8 Å². The molecule has 1 heterocycles. The van der Waals surface area contributed by atoms with Crippen molar-refractivity contribution in [2.45, 2.75) is 136 Å². The Balaban J connectivity index is 2.63. The van der Waals surface area contributed by atoms with Crippen molar-refractivity contribution in [2.24, 2.45) is 0 Å². The van der Waals surface area contributed by atoms with Crippen LogP contribution in [0.15, 0.2) is 0 Å². The second-order valence-corrected chi connectivity index (χ2v) is 17.9. The quantitative estimate of drug-likeness (QED) is 0.0397. The number of amides is 1. The summed E-state index contributed by atoms with van der Waals surface area (Å²) < 4.78 is 35.3. The Hall–Kier alpha value is -2.25. The fourth-order valence-electron chi connectivity index (χ4n) is 7.15. The van der Waals surface area contributed by atoms with E-state index in [1.54, 1.807) is 19.6 Å². The van der Waals surface area contributed by atoms with Gasteiger partial charge in [-0.25, -0.2) is 4.57 Å². The van der Waals surface area contributed by atoms with Gasteiger partial charge >= 0.3 is 25.7 Å². The number of carboxylic acids is 3. The van der Waals surface area contributed by atoms with Crippen molar-refractivity contribution >= 4 is 31.6 Å². The lowest BCUT2D eigenvalue weighted by atomic mass is 10.1. The van der Waals surface area contributed by atoms with Gasteiger partial charge in [0.05, 0.1) is 46.0 Å². The fraction of sp³-hybridized carbons (Fsp3) is 0.907. The number of phosphoric acid groups is 1. The normalized spacial score (nSPS) is 16.9. The molecule has 19 heteroatoms. The van der Waals surface area contributed by atoms with Crippen LogP contribution in [0, 0.1) is 0 Å². The molecule has 0 aromatic rings. The molecule has 0 bridgehead atoms. The van der Waals surface area contributed by atoms with Crippen LogP contribution in [0.5, 0.6) is 0 Å². The van der Waals surface area contributed by atoms with Crippen molar-refractivity contribution < 1.29 is 62.5 Å². The molecule has 0 saturated carbocycles. The van der Waals surface area contributed by atoms with E-state index in [9.17, 15) is 44.0 Å². The smallest absolute Gasteiger partial charge is 0.472 e. The van der Waals surface area contributed by atoms with Gasteiger partial charge in [0.1, 0.15) is 6.10 Å². The number of hydrogen-bond acceptors (Lipinski definition) is 13. The number of nitrogens with zero attached hydrogens (tertiary/aromatic N) is 4. The molecule has 0 aliphatic carbocycles. The zero-order valence-electron chi connectivity index (χ0n) is 38.2.